The van der Waals surface area contributed by atoms with Crippen molar-refractivity contribution in [1.29, 1.82) is 0 Å². The molecule has 0 spiro atoms. The minimum absolute atomic E-state index is 0. The topological polar surface area (TPSA) is 63.8 Å². The highest BCUT2D eigenvalue weighted by Gasteiger charge is 2.22. The Labute approximate surface area is 155 Å². The average molecular weight is 381 g/mol. The highest BCUT2D eigenvalue weighted by molar-refractivity contribution is 6.33. The SMILES string of the molecule is Cc1ncc2c(c1-c1noc(-c3cc(F)ccc3Cl)n1)CCNC2.Cl. The molecule has 0 bridgehead atoms. The van der Waals surface area contributed by atoms with Crippen LogP contribution in [-0.4, -0.2) is 21.7 Å². The Kier molecular flexibility index (Phi) is 5.03. The molecule has 25 heavy (non-hydrogen) atoms. The van der Waals surface area contributed by atoms with E-state index >= 15 is 0 Å². The molecule has 0 atom stereocenters. The maximum atomic E-state index is 13.5. The molecule has 0 unspecified atom stereocenters. The molecule has 0 aliphatic carbocycles. The molecule has 2 aromatic heterocycles. The van der Waals surface area contributed by atoms with Gasteiger partial charge < -0.3 is 9.84 Å². The number of nitrogens with zero attached hydrogens (tertiary/aromatic N) is 3. The fourth-order valence-corrected chi connectivity index (χ4v) is 3.16. The summed E-state index contributed by atoms with van der Waals surface area (Å²) in [4.78, 5) is 8.87. The third kappa shape index (κ3) is 3.25. The minimum atomic E-state index is -0.407. The lowest BCUT2D eigenvalue weighted by Gasteiger charge is -2.19. The first-order valence-electron chi connectivity index (χ1n) is 7.61. The first kappa shape index (κ1) is 17.8. The molecular formula is C17H15Cl2FN4O. The Bertz CT molecular complexity index is 929. The van der Waals surface area contributed by atoms with Crippen molar-refractivity contribution in [2.75, 3.05) is 6.54 Å². The summed E-state index contributed by atoms with van der Waals surface area (Å²) in [6.45, 7) is 3.59. The van der Waals surface area contributed by atoms with E-state index in [1.807, 2.05) is 13.1 Å². The van der Waals surface area contributed by atoms with Crippen LogP contribution >= 0.6 is 24.0 Å². The van der Waals surface area contributed by atoms with E-state index in [1.165, 1.54) is 23.8 Å². The lowest BCUT2D eigenvalue weighted by molar-refractivity contribution is 0.432. The molecule has 1 aliphatic rings. The number of aryl methyl sites for hydroxylation is 1. The summed E-state index contributed by atoms with van der Waals surface area (Å²) >= 11 is 6.12. The van der Waals surface area contributed by atoms with Gasteiger partial charge in [0.1, 0.15) is 5.82 Å². The number of pyridine rings is 1. The van der Waals surface area contributed by atoms with Crippen molar-refractivity contribution >= 4 is 24.0 Å². The molecule has 0 amide bonds. The number of aromatic nitrogens is 3. The molecular weight excluding hydrogens is 366 g/mol. The fraction of sp³-hybridized carbons (Fsp3) is 0.235. The van der Waals surface area contributed by atoms with Gasteiger partial charge in [-0.1, -0.05) is 16.8 Å². The van der Waals surface area contributed by atoms with Gasteiger partial charge in [-0.15, -0.1) is 12.4 Å². The van der Waals surface area contributed by atoms with E-state index < -0.39 is 5.82 Å². The Hall–Kier alpha value is -2.02. The molecule has 130 valence electrons. The number of hydrogen-bond donors (Lipinski definition) is 1. The van der Waals surface area contributed by atoms with Crippen LogP contribution in [0.15, 0.2) is 28.9 Å². The van der Waals surface area contributed by atoms with Crippen LogP contribution in [0, 0.1) is 12.7 Å². The van der Waals surface area contributed by atoms with Crippen LogP contribution in [0.2, 0.25) is 5.02 Å². The largest absolute Gasteiger partial charge is 0.334 e. The van der Waals surface area contributed by atoms with Crippen LogP contribution in [-0.2, 0) is 13.0 Å². The highest BCUT2D eigenvalue weighted by atomic mass is 35.5. The van der Waals surface area contributed by atoms with E-state index in [-0.39, 0.29) is 18.3 Å². The summed E-state index contributed by atoms with van der Waals surface area (Å²) in [6, 6.07) is 4.05. The minimum Gasteiger partial charge on any atom is -0.334 e. The fourth-order valence-electron chi connectivity index (χ4n) is 2.96. The Morgan fingerprint density at radius 1 is 1.32 bits per heavy atom. The van der Waals surface area contributed by atoms with Crippen LogP contribution in [0.1, 0.15) is 16.8 Å². The van der Waals surface area contributed by atoms with Gasteiger partial charge in [0.2, 0.25) is 5.82 Å². The molecule has 0 radical (unpaired) electrons. The number of benzene rings is 1. The van der Waals surface area contributed by atoms with Crippen molar-refractivity contribution in [3.63, 3.8) is 0 Å². The average Bonchev–Trinajstić information content (AvgIpc) is 3.06. The van der Waals surface area contributed by atoms with Gasteiger partial charge in [0, 0.05) is 24.0 Å². The van der Waals surface area contributed by atoms with Gasteiger partial charge in [0.25, 0.3) is 5.89 Å². The third-order valence-electron chi connectivity index (χ3n) is 4.14. The van der Waals surface area contributed by atoms with Gasteiger partial charge in [-0.3, -0.25) is 4.98 Å². The molecule has 3 aromatic rings. The lowest BCUT2D eigenvalue weighted by Crippen LogP contribution is -2.24. The summed E-state index contributed by atoms with van der Waals surface area (Å²) in [6.07, 6.45) is 2.75. The van der Waals surface area contributed by atoms with Crippen molar-refractivity contribution in [3.05, 3.63) is 52.1 Å². The maximum absolute atomic E-state index is 13.5. The summed E-state index contributed by atoms with van der Waals surface area (Å²) < 4.78 is 18.8. The zero-order chi connectivity index (χ0) is 16.7. The van der Waals surface area contributed by atoms with E-state index in [4.69, 9.17) is 16.1 Å². The second kappa shape index (κ2) is 7.07. The second-order valence-electron chi connectivity index (χ2n) is 5.70. The smallest absolute Gasteiger partial charge is 0.259 e. The molecule has 1 aliphatic heterocycles. The van der Waals surface area contributed by atoms with E-state index in [1.54, 1.807) is 0 Å². The second-order valence-corrected chi connectivity index (χ2v) is 6.10. The normalized spacial score (nSPS) is 13.2. The predicted octanol–water partition coefficient (Wildman–Crippen LogP) is 3.97. The molecule has 1 aromatic carbocycles. The first-order chi connectivity index (χ1) is 11.6. The van der Waals surface area contributed by atoms with Crippen molar-refractivity contribution in [2.24, 2.45) is 0 Å². The molecule has 0 fully saturated rings. The monoisotopic (exact) mass is 380 g/mol. The van der Waals surface area contributed by atoms with Crippen LogP contribution in [0.3, 0.4) is 0 Å². The van der Waals surface area contributed by atoms with E-state index in [9.17, 15) is 4.39 Å². The van der Waals surface area contributed by atoms with Gasteiger partial charge in [0.15, 0.2) is 0 Å². The summed E-state index contributed by atoms with van der Waals surface area (Å²) in [5.74, 6) is 0.240. The summed E-state index contributed by atoms with van der Waals surface area (Å²) in [5.41, 5.74) is 4.42. The molecule has 5 nitrogen and oxygen atoms in total. The van der Waals surface area contributed by atoms with E-state index in [0.717, 1.165) is 36.3 Å². The van der Waals surface area contributed by atoms with Gasteiger partial charge >= 0.3 is 0 Å². The zero-order valence-electron chi connectivity index (χ0n) is 13.3. The van der Waals surface area contributed by atoms with Crippen LogP contribution in [0.25, 0.3) is 22.8 Å². The summed E-state index contributed by atoms with van der Waals surface area (Å²) in [7, 11) is 0. The molecule has 0 saturated carbocycles. The van der Waals surface area contributed by atoms with Gasteiger partial charge in [-0.25, -0.2) is 4.39 Å². The van der Waals surface area contributed by atoms with Crippen molar-refractivity contribution < 1.29 is 8.91 Å². The van der Waals surface area contributed by atoms with Gasteiger partial charge in [-0.05, 0) is 49.2 Å². The van der Waals surface area contributed by atoms with Gasteiger partial charge in [0.05, 0.1) is 10.6 Å². The Morgan fingerprint density at radius 3 is 3.00 bits per heavy atom. The predicted molar refractivity (Wildman–Crippen MR) is 95.3 cm³/mol. The van der Waals surface area contributed by atoms with Gasteiger partial charge in [-0.2, -0.15) is 4.98 Å². The Morgan fingerprint density at radius 2 is 2.16 bits per heavy atom. The van der Waals surface area contributed by atoms with Crippen molar-refractivity contribution in [1.82, 2.24) is 20.4 Å². The zero-order valence-corrected chi connectivity index (χ0v) is 14.9. The first-order valence-corrected chi connectivity index (χ1v) is 7.99. The molecule has 3 heterocycles. The highest BCUT2D eigenvalue weighted by Crippen LogP contribution is 2.32. The molecule has 8 heteroatoms. The standard InChI is InChI=1S/C17H14ClFN4O.ClH/c1-9-15(12-4-5-20-7-10(12)8-21-9)16-22-17(24-23-16)13-6-11(19)2-3-14(13)18;/h2-3,6,8,20H,4-5,7H2,1H3;1H. The number of fused-ring (bicyclic) bond motifs is 1. The summed E-state index contributed by atoms with van der Waals surface area (Å²) in [5, 5.41) is 7.76. The molecule has 0 saturated heterocycles. The number of halogens is 3. The number of rotatable bonds is 2. The maximum Gasteiger partial charge on any atom is 0.259 e. The van der Waals surface area contributed by atoms with Crippen LogP contribution in [0.4, 0.5) is 4.39 Å². The third-order valence-corrected chi connectivity index (χ3v) is 4.47. The van der Waals surface area contributed by atoms with Crippen molar-refractivity contribution in [3.8, 4) is 22.8 Å². The lowest BCUT2D eigenvalue weighted by atomic mass is 9.95. The quantitative estimate of drug-likeness (QED) is 0.728. The molecule has 4 rings (SSSR count). The van der Waals surface area contributed by atoms with Crippen molar-refractivity contribution in [2.45, 2.75) is 19.9 Å². The molecule has 1 N–H and O–H groups in total. The Balaban J connectivity index is 0.00000182. The van der Waals surface area contributed by atoms with E-state index in [0.29, 0.717) is 16.4 Å². The number of hydrogen-bond acceptors (Lipinski definition) is 5. The number of nitrogens with one attached hydrogen (secondary N) is 1. The van der Waals surface area contributed by atoms with Crippen LogP contribution < -0.4 is 5.32 Å². The van der Waals surface area contributed by atoms with Crippen LogP contribution in [0.5, 0.6) is 0 Å². The van der Waals surface area contributed by atoms with E-state index in [2.05, 4.69) is 20.4 Å².